The van der Waals surface area contributed by atoms with Crippen LogP contribution in [0.1, 0.15) is 34.6 Å². The summed E-state index contributed by atoms with van der Waals surface area (Å²) in [5, 5.41) is 0. The largest absolute Gasteiger partial charge is 0.334 e. The summed E-state index contributed by atoms with van der Waals surface area (Å²) in [5.74, 6) is -0.212. The molecule has 0 aliphatic rings. The van der Waals surface area contributed by atoms with Crippen LogP contribution >= 0.6 is 0 Å². The zero-order valence-electron chi connectivity index (χ0n) is 9.57. The second-order valence-corrected chi connectivity index (χ2v) is 3.88. The Kier molecular flexibility index (Phi) is 5.13. The van der Waals surface area contributed by atoms with Crippen LogP contribution in [0.25, 0.3) is 0 Å². The van der Waals surface area contributed by atoms with E-state index in [1.54, 1.807) is 4.90 Å². The highest BCUT2D eigenvalue weighted by atomic mass is 16.2. The van der Waals surface area contributed by atoms with Gasteiger partial charge < -0.3 is 4.90 Å². The van der Waals surface area contributed by atoms with Crippen LogP contribution in [0.15, 0.2) is 12.2 Å². The minimum atomic E-state index is -0.106. The molecule has 14 heavy (non-hydrogen) atoms. The van der Waals surface area contributed by atoms with E-state index in [0.29, 0.717) is 0 Å². The van der Waals surface area contributed by atoms with E-state index in [4.69, 9.17) is 0 Å². The lowest BCUT2D eigenvalue weighted by atomic mass is 10.2. The molecule has 0 N–H and O–H groups in total. The molecule has 1 amide bonds. The molecule has 0 heterocycles. The fraction of sp³-hybridized carbons (Fsp3) is 0.636. The molecule has 3 nitrogen and oxygen atoms in total. The van der Waals surface area contributed by atoms with Gasteiger partial charge in [-0.15, -0.1) is 0 Å². The van der Waals surface area contributed by atoms with Crippen LogP contribution in [0.3, 0.4) is 0 Å². The van der Waals surface area contributed by atoms with Crippen molar-refractivity contribution in [1.29, 1.82) is 0 Å². The molecule has 0 rings (SSSR count). The highest BCUT2D eigenvalue weighted by Crippen LogP contribution is 2.05. The van der Waals surface area contributed by atoms with Gasteiger partial charge in [0.1, 0.15) is 0 Å². The van der Waals surface area contributed by atoms with Gasteiger partial charge in [-0.2, -0.15) is 0 Å². The average molecular weight is 197 g/mol. The van der Waals surface area contributed by atoms with E-state index in [9.17, 15) is 9.59 Å². The molecule has 0 atom stereocenters. The Morgan fingerprint density at radius 3 is 1.71 bits per heavy atom. The van der Waals surface area contributed by atoms with Gasteiger partial charge in [0.2, 0.25) is 5.91 Å². The highest BCUT2D eigenvalue weighted by Gasteiger charge is 2.17. The van der Waals surface area contributed by atoms with E-state index in [2.05, 4.69) is 0 Å². The van der Waals surface area contributed by atoms with Gasteiger partial charge in [0.05, 0.1) is 0 Å². The van der Waals surface area contributed by atoms with Gasteiger partial charge in [-0.05, 0) is 40.7 Å². The minimum absolute atomic E-state index is 0.106. The number of nitrogens with zero attached hydrogens (tertiary/aromatic N) is 1. The molecule has 0 radical (unpaired) electrons. The normalized spacial score (nSPS) is 11.4. The van der Waals surface area contributed by atoms with Crippen molar-refractivity contribution in [2.24, 2.45) is 0 Å². The fourth-order valence-electron chi connectivity index (χ4n) is 1.38. The van der Waals surface area contributed by atoms with Crippen LogP contribution in [0.2, 0.25) is 0 Å². The van der Waals surface area contributed by atoms with E-state index in [-0.39, 0.29) is 23.8 Å². The third kappa shape index (κ3) is 4.21. The first kappa shape index (κ1) is 12.9. The van der Waals surface area contributed by atoms with Crippen LogP contribution in [0, 0.1) is 0 Å². The number of rotatable bonds is 4. The molecule has 0 saturated heterocycles. The van der Waals surface area contributed by atoms with E-state index in [1.165, 1.54) is 19.1 Å². The summed E-state index contributed by atoms with van der Waals surface area (Å²) in [5.41, 5.74) is 0. The third-order valence-corrected chi connectivity index (χ3v) is 1.83. The van der Waals surface area contributed by atoms with Crippen molar-refractivity contribution in [3.05, 3.63) is 12.2 Å². The Bertz CT molecular complexity index is 234. The monoisotopic (exact) mass is 197 g/mol. The van der Waals surface area contributed by atoms with Crippen LogP contribution in [-0.4, -0.2) is 28.7 Å². The topological polar surface area (TPSA) is 37.4 Å². The predicted molar refractivity (Wildman–Crippen MR) is 56.9 cm³/mol. The summed E-state index contributed by atoms with van der Waals surface area (Å²) < 4.78 is 0. The predicted octanol–water partition coefficient (Wildman–Crippen LogP) is 1.78. The number of hydrogen-bond acceptors (Lipinski definition) is 2. The lowest BCUT2D eigenvalue weighted by Gasteiger charge is -2.29. The first-order chi connectivity index (χ1) is 6.36. The van der Waals surface area contributed by atoms with Crippen molar-refractivity contribution in [1.82, 2.24) is 4.90 Å². The Hall–Kier alpha value is -1.12. The SMILES string of the molecule is CC(=O)/C=C/C(=O)N(C(C)C)C(C)C. The molecule has 0 bridgehead atoms. The van der Waals surface area contributed by atoms with Crippen LogP contribution in [0.5, 0.6) is 0 Å². The number of ketones is 1. The molecule has 0 fully saturated rings. The fourth-order valence-corrected chi connectivity index (χ4v) is 1.38. The second kappa shape index (κ2) is 5.58. The van der Waals surface area contributed by atoms with Gasteiger partial charge in [0.15, 0.2) is 5.78 Å². The Morgan fingerprint density at radius 1 is 1.00 bits per heavy atom. The van der Waals surface area contributed by atoms with Gasteiger partial charge in [0, 0.05) is 18.2 Å². The number of carbonyl (C=O) groups excluding carboxylic acids is 2. The number of amides is 1. The molecule has 0 aromatic heterocycles. The molecule has 0 unspecified atom stereocenters. The van der Waals surface area contributed by atoms with Crippen molar-refractivity contribution in [3.63, 3.8) is 0 Å². The lowest BCUT2D eigenvalue weighted by molar-refractivity contribution is -0.129. The standard InChI is InChI=1S/C11H19NO2/c1-8(2)12(9(3)4)11(14)7-6-10(5)13/h6-9H,1-5H3/b7-6+. The average Bonchev–Trinajstić information content (AvgIpc) is 1.99. The van der Waals surface area contributed by atoms with E-state index >= 15 is 0 Å². The first-order valence-electron chi connectivity index (χ1n) is 4.87. The molecule has 0 aliphatic carbocycles. The van der Waals surface area contributed by atoms with Crippen molar-refractivity contribution < 1.29 is 9.59 Å². The Labute approximate surface area is 85.8 Å². The molecular formula is C11H19NO2. The zero-order valence-corrected chi connectivity index (χ0v) is 9.57. The maximum Gasteiger partial charge on any atom is 0.247 e. The van der Waals surface area contributed by atoms with E-state index < -0.39 is 0 Å². The van der Waals surface area contributed by atoms with E-state index in [1.807, 2.05) is 27.7 Å². The molecule has 0 saturated carbocycles. The number of hydrogen-bond donors (Lipinski definition) is 0. The van der Waals surface area contributed by atoms with Gasteiger partial charge in [-0.3, -0.25) is 9.59 Å². The maximum absolute atomic E-state index is 11.6. The molecule has 0 spiro atoms. The maximum atomic E-state index is 11.6. The molecular weight excluding hydrogens is 178 g/mol. The summed E-state index contributed by atoms with van der Waals surface area (Å²) in [6.07, 6.45) is 2.64. The van der Waals surface area contributed by atoms with Crippen LogP contribution in [-0.2, 0) is 9.59 Å². The third-order valence-electron chi connectivity index (χ3n) is 1.83. The summed E-state index contributed by atoms with van der Waals surface area (Å²) >= 11 is 0. The summed E-state index contributed by atoms with van der Waals surface area (Å²) in [6.45, 7) is 9.26. The van der Waals surface area contributed by atoms with Crippen LogP contribution < -0.4 is 0 Å². The molecule has 0 aromatic rings. The highest BCUT2D eigenvalue weighted by molar-refractivity contribution is 5.96. The number of carbonyl (C=O) groups is 2. The van der Waals surface area contributed by atoms with Crippen LogP contribution in [0.4, 0.5) is 0 Å². The molecule has 0 aliphatic heterocycles. The summed E-state index contributed by atoms with van der Waals surface area (Å²) in [4.78, 5) is 24.0. The van der Waals surface area contributed by atoms with Crippen molar-refractivity contribution in [3.8, 4) is 0 Å². The molecule has 3 heteroatoms. The summed E-state index contributed by atoms with van der Waals surface area (Å²) in [7, 11) is 0. The Morgan fingerprint density at radius 2 is 1.43 bits per heavy atom. The lowest BCUT2D eigenvalue weighted by Crippen LogP contribution is -2.41. The first-order valence-corrected chi connectivity index (χ1v) is 4.87. The summed E-state index contributed by atoms with van der Waals surface area (Å²) in [6, 6.07) is 0.304. The molecule has 80 valence electrons. The van der Waals surface area contributed by atoms with Crippen molar-refractivity contribution in [2.75, 3.05) is 0 Å². The van der Waals surface area contributed by atoms with Gasteiger partial charge >= 0.3 is 0 Å². The van der Waals surface area contributed by atoms with Gasteiger partial charge in [0.25, 0.3) is 0 Å². The van der Waals surface area contributed by atoms with Gasteiger partial charge in [-0.1, -0.05) is 0 Å². The van der Waals surface area contributed by atoms with Gasteiger partial charge in [-0.25, -0.2) is 0 Å². The van der Waals surface area contributed by atoms with E-state index in [0.717, 1.165) is 0 Å². The van der Waals surface area contributed by atoms with Crippen molar-refractivity contribution >= 4 is 11.7 Å². The van der Waals surface area contributed by atoms with Crippen molar-refractivity contribution in [2.45, 2.75) is 46.7 Å². The smallest absolute Gasteiger partial charge is 0.247 e. The second-order valence-electron chi connectivity index (χ2n) is 3.88. The molecule has 0 aromatic carbocycles. The number of allylic oxidation sites excluding steroid dienone is 1. The zero-order chi connectivity index (χ0) is 11.3. The quantitative estimate of drug-likeness (QED) is 0.644. The Balaban J connectivity index is 4.53. The minimum Gasteiger partial charge on any atom is -0.334 e.